The van der Waals surface area contributed by atoms with Crippen LogP contribution < -0.4 is 20.1 Å². The number of rotatable bonds is 7. The number of nitrogens with zero attached hydrogens (tertiary/aromatic N) is 4. The van der Waals surface area contributed by atoms with Crippen LogP contribution in [0.15, 0.2) is 30.4 Å². The molecule has 8 atom stereocenters. The number of nitrogens with one attached hydrogen (secondary N) is 3. The summed E-state index contributed by atoms with van der Waals surface area (Å²) in [6, 6.07) is 3.04. The average Bonchev–Trinajstić information content (AvgIpc) is 4.12. The van der Waals surface area contributed by atoms with Crippen LogP contribution in [0, 0.1) is 34.5 Å². The Morgan fingerprint density at radius 3 is 2.45 bits per heavy atom. The molecule has 3 heterocycles. The molecule has 2 aromatic rings. The lowest BCUT2D eigenvalue weighted by Gasteiger charge is -2.36. The highest BCUT2D eigenvalue weighted by atomic mass is 32.2. The fraction of sp³-hybridized carbons (Fsp3) is 0.625. The van der Waals surface area contributed by atoms with Crippen molar-refractivity contribution < 1.29 is 54.6 Å². The van der Waals surface area contributed by atoms with E-state index >= 15 is 8.78 Å². The maximum atomic E-state index is 16.2. The van der Waals surface area contributed by atoms with Gasteiger partial charge in [0.25, 0.3) is 5.91 Å². The molecule has 0 spiro atoms. The van der Waals surface area contributed by atoms with Gasteiger partial charge in [-0.2, -0.15) is 14.0 Å². The van der Waals surface area contributed by atoms with Crippen molar-refractivity contribution in [3.8, 4) is 11.9 Å². The minimum atomic E-state index is -4.33. The number of hydrogen-bond acceptors (Lipinski definition) is 11. The molecule has 1 aromatic heterocycles. The van der Waals surface area contributed by atoms with Gasteiger partial charge in [-0.15, -0.1) is 0 Å². The molecule has 4 amide bonds. The Morgan fingerprint density at radius 1 is 1.12 bits per heavy atom. The third kappa shape index (κ3) is 8.08. The van der Waals surface area contributed by atoms with Gasteiger partial charge in [0.2, 0.25) is 34.1 Å². The van der Waals surface area contributed by atoms with E-state index in [9.17, 15) is 41.6 Å². The average molecular weight is 862 g/mol. The molecule has 3 aliphatic carbocycles. The van der Waals surface area contributed by atoms with E-state index in [0.717, 1.165) is 4.90 Å². The maximum absolute atomic E-state index is 16.2. The highest BCUT2D eigenvalue weighted by Crippen LogP contribution is 2.50. The summed E-state index contributed by atoms with van der Waals surface area (Å²) in [5.41, 5.74) is -4.08. The molecule has 3 N–H and O–H groups in total. The summed E-state index contributed by atoms with van der Waals surface area (Å²) in [5, 5.41) is 14.5. The smallest absolute Gasteiger partial charge is 0.408 e. The second-order valence-corrected chi connectivity index (χ2v) is 20.0. The minimum Gasteiger partial charge on any atom is -0.471 e. The van der Waals surface area contributed by atoms with Gasteiger partial charge in [0.1, 0.15) is 29.8 Å². The third-order valence-electron chi connectivity index (χ3n) is 12.4. The van der Waals surface area contributed by atoms with Gasteiger partial charge < -0.3 is 25.0 Å². The largest absolute Gasteiger partial charge is 0.471 e. The lowest BCUT2D eigenvalue weighted by atomic mass is 9.85. The van der Waals surface area contributed by atoms with Gasteiger partial charge in [-0.25, -0.2) is 32.0 Å². The lowest BCUT2D eigenvalue weighted by Crippen LogP contribution is -2.61. The normalized spacial score (nSPS) is 31.5. The molecule has 0 radical (unpaired) electrons. The number of benzene rings is 1. The Hall–Kier alpha value is -5.06. The first-order valence-electron chi connectivity index (χ1n) is 19.9. The summed E-state index contributed by atoms with van der Waals surface area (Å²) >= 11 is 0. The van der Waals surface area contributed by atoms with Crippen molar-refractivity contribution in [3.63, 3.8) is 0 Å². The molecule has 1 aromatic carbocycles. The zero-order chi connectivity index (χ0) is 43.7. The van der Waals surface area contributed by atoms with Gasteiger partial charge in [0.05, 0.1) is 39.9 Å². The van der Waals surface area contributed by atoms with Crippen LogP contribution in [0.25, 0.3) is 11.0 Å². The Bertz CT molecular complexity index is 2300. The van der Waals surface area contributed by atoms with Crippen molar-refractivity contribution in [1.29, 1.82) is 5.26 Å². The van der Waals surface area contributed by atoms with Crippen molar-refractivity contribution >= 4 is 44.9 Å². The summed E-state index contributed by atoms with van der Waals surface area (Å²) in [5.74, 6) is -10.7. The van der Waals surface area contributed by atoms with Crippen LogP contribution in [0.3, 0.4) is 0 Å². The van der Waals surface area contributed by atoms with Gasteiger partial charge in [-0.1, -0.05) is 33.8 Å². The fourth-order valence-corrected chi connectivity index (χ4v) is 9.43. The van der Waals surface area contributed by atoms with Gasteiger partial charge >= 0.3 is 12.0 Å². The third-order valence-corrected chi connectivity index (χ3v) is 14.5. The zero-order valence-electron chi connectivity index (χ0n) is 33.6. The van der Waals surface area contributed by atoms with Crippen molar-refractivity contribution in [3.05, 3.63) is 41.6 Å². The highest BCUT2D eigenvalue weighted by Gasteiger charge is 2.68. The Morgan fingerprint density at radius 2 is 1.83 bits per heavy atom. The Labute approximate surface area is 344 Å². The SMILES string of the molecule is CC[C@@H]1[C@@H]2CN(C(=O)[C@H](C(C)(C)C)NC(=O)O[C@@H]3C[C@H]3CC/C=C/C(F)(F)c3nc4ccc(C#N)cc4nc3O2)[C@@H]1C(=O)N[C@]1(C(=O)NS(=O)(=O)C2(C)CC2)C[C@H]1C(F)F. The van der Waals surface area contributed by atoms with Crippen LogP contribution in [0.2, 0.25) is 0 Å². The summed E-state index contributed by atoms with van der Waals surface area (Å²) in [4.78, 5) is 66.0. The van der Waals surface area contributed by atoms with Gasteiger partial charge in [0, 0.05) is 5.92 Å². The molecule has 324 valence electrons. The standard InChI is InChI=1S/C40H47F4N7O8S/c1-6-22-27-19-51(28(22)32(52)49-39(17-23(39)31(41)42)35(54)50-60(56,57)38(5)13-14-38)34(53)30(37(2,3)4)48-36(55)59-26-16-21(26)9-7-8-12-40(43,44)29-33(58-27)47-25-15-20(18-45)10-11-24(25)46-29/h8,10-12,15,21-23,26-28,30-31H,6-7,9,13-14,16-17,19H2,1-5H3,(H,48,55)(H,49,52)(H,50,54)/b12-8+/t21-,22-,23+,26-,27+,28+,30-,39-/m1/s1. The number of carbonyl (C=O) groups is 4. The number of hydrogen-bond donors (Lipinski definition) is 3. The molecule has 2 aliphatic heterocycles. The van der Waals surface area contributed by atoms with E-state index in [1.165, 1.54) is 31.2 Å². The van der Waals surface area contributed by atoms with Crippen LogP contribution in [-0.2, 0) is 35.1 Å². The maximum Gasteiger partial charge on any atom is 0.408 e. The van der Waals surface area contributed by atoms with Crippen LogP contribution in [0.4, 0.5) is 22.4 Å². The topological polar surface area (TPSA) is 210 Å². The van der Waals surface area contributed by atoms with E-state index in [1.54, 1.807) is 27.7 Å². The molecule has 15 nitrogen and oxygen atoms in total. The number of amides is 4. The lowest BCUT2D eigenvalue weighted by molar-refractivity contribution is -0.144. The number of carbonyl (C=O) groups excluding carboxylic acids is 4. The molecule has 7 rings (SSSR count). The second kappa shape index (κ2) is 15.1. The summed E-state index contributed by atoms with van der Waals surface area (Å²) in [7, 11) is -4.33. The molecule has 1 saturated heterocycles. The van der Waals surface area contributed by atoms with E-state index < -0.39 is 123 Å². The van der Waals surface area contributed by atoms with Crippen molar-refractivity contribution in [1.82, 2.24) is 30.2 Å². The first kappa shape index (κ1) is 43.0. The quantitative estimate of drug-likeness (QED) is 0.259. The van der Waals surface area contributed by atoms with E-state index in [4.69, 9.17) is 9.47 Å². The molecule has 20 heteroatoms. The van der Waals surface area contributed by atoms with Gasteiger partial charge in [-0.3, -0.25) is 19.1 Å². The van der Waals surface area contributed by atoms with Crippen LogP contribution in [-0.4, -0.2) is 94.6 Å². The molecular weight excluding hydrogens is 815 g/mol. The van der Waals surface area contributed by atoms with Crippen LogP contribution in [0.5, 0.6) is 5.88 Å². The molecule has 5 aliphatic rings. The molecular formula is C40H47F4N7O8S. The van der Waals surface area contributed by atoms with Crippen molar-refractivity contribution in [2.75, 3.05) is 6.54 Å². The van der Waals surface area contributed by atoms with E-state index in [0.29, 0.717) is 18.9 Å². The Balaban J connectivity index is 1.31. The molecule has 4 fully saturated rings. The van der Waals surface area contributed by atoms with Crippen molar-refractivity contribution in [2.45, 2.75) is 126 Å². The summed E-state index contributed by atoms with van der Waals surface area (Å²) < 4.78 is 99.7. The first-order valence-corrected chi connectivity index (χ1v) is 21.4. The fourth-order valence-electron chi connectivity index (χ4n) is 8.12. The number of alkyl halides is 4. The number of aromatic nitrogens is 2. The summed E-state index contributed by atoms with van der Waals surface area (Å²) in [6.07, 6.45) is -3.04. The molecule has 3 saturated carbocycles. The minimum absolute atomic E-state index is 0.0146. The van der Waals surface area contributed by atoms with Crippen LogP contribution >= 0.6 is 0 Å². The number of alkyl carbamates (subject to hydrolysis) is 1. The van der Waals surface area contributed by atoms with Crippen molar-refractivity contribution in [2.24, 2.45) is 23.2 Å². The van der Waals surface area contributed by atoms with Crippen LogP contribution in [0.1, 0.15) is 90.8 Å². The first-order chi connectivity index (χ1) is 28.0. The number of nitriles is 1. The zero-order valence-corrected chi connectivity index (χ0v) is 34.5. The van der Waals surface area contributed by atoms with E-state index in [-0.39, 0.29) is 48.2 Å². The van der Waals surface area contributed by atoms with Gasteiger partial charge in [-0.05, 0) is 87.5 Å². The van der Waals surface area contributed by atoms with Gasteiger partial charge in [0.15, 0.2) is 5.69 Å². The molecule has 2 bridgehead atoms. The molecule has 60 heavy (non-hydrogen) atoms. The summed E-state index contributed by atoms with van der Waals surface area (Å²) in [6.45, 7) is 7.48. The monoisotopic (exact) mass is 861 g/mol. The number of allylic oxidation sites excluding steroid dienone is 2. The Kier molecular flexibility index (Phi) is 10.9. The highest BCUT2D eigenvalue weighted by molar-refractivity contribution is 7.91. The number of ether oxygens (including phenoxy) is 2. The predicted molar refractivity (Wildman–Crippen MR) is 205 cm³/mol. The molecule has 0 unspecified atom stereocenters. The van der Waals surface area contributed by atoms with E-state index in [2.05, 4.69) is 20.6 Å². The number of fused-ring (bicyclic) bond motifs is 5. The van der Waals surface area contributed by atoms with E-state index in [1.807, 2.05) is 10.8 Å². The predicted octanol–water partition coefficient (Wildman–Crippen LogP) is 4.60. The number of halogens is 4. The number of sulfonamides is 1. The second-order valence-electron chi connectivity index (χ2n) is 17.8.